The van der Waals surface area contributed by atoms with Crippen molar-refractivity contribution in [2.75, 3.05) is 0 Å². The van der Waals surface area contributed by atoms with Crippen LogP contribution in [0.4, 0.5) is 0 Å². The Balaban J connectivity index is 1.35. The molecule has 5 nitrogen and oxygen atoms in total. The van der Waals surface area contributed by atoms with Crippen molar-refractivity contribution in [2.45, 2.75) is 18.7 Å². The molecule has 0 N–H and O–H groups in total. The van der Waals surface area contributed by atoms with E-state index in [1.807, 2.05) is 54.6 Å². The Morgan fingerprint density at radius 3 is 2.32 bits per heavy atom. The second-order valence-corrected chi connectivity index (χ2v) is 8.67. The highest BCUT2D eigenvalue weighted by Crippen LogP contribution is 2.47. The van der Waals surface area contributed by atoms with Crippen molar-refractivity contribution in [2.24, 2.45) is 5.10 Å². The molecule has 5 heteroatoms. The smallest absolute Gasteiger partial charge is 0.213 e. The molecule has 2 atom stereocenters. The van der Waals surface area contributed by atoms with Crippen molar-refractivity contribution in [1.29, 1.82) is 0 Å². The predicted octanol–water partition coefficient (Wildman–Crippen LogP) is 6.74. The summed E-state index contributed by atoms with van der Waals surface area (Å²) in [5.41, 5.74) is 6.24. The van der Waals surface area contributed by atoms with Crippen LogP contribution in [0.2, 0.25) is 0 Å². The van der Waals surface area contributed by atoms with Gasteiger partial charge in [0, 0.05) is 23.1 Å². The summed E-state index contributed by atoms with van der Waals surface area (Å²) < 4.78 is 12.3. The Morgan fingerprint density at radius 2 is 1.50 bits per heavy atom. The van der Waals surface area contributed by atoms with E-state index in [4.69, 9.17) is 14.4 Å². The number of rotatable bonds is 3. The number of benzene rings is 4. The summed E-state index contributed by atoms with van der Waals surface area (Å²) in [5, 5.41) is 12.4. The molecule has 0 unspecified atom stereocenters. The number of hydrazone groups is 1. The minimum atomic E-state index is -0.343. The molecule has 2 aliphatic rings. The van der Waals surface area contributed by atoms with E-state index in [0.717, 1.165) is 51.2 Å². The van der Waals surface area contributed by atoms with E-state index in [9.17, 15) is 0 Å². The fourth-order valence-corrected chi connectivity index (χ4v) is 4.97. The average molecular weight is 444 g/mol. The molecule has 0 amide bonds. The molecule has 0 aliphatic carbocycles. The second kappa shape index (κ2) is 7.59. The monoisotopic (exact) mass is 443 g/mol. The summed E-state index contributed by atoms with van der Waals surface area (Å²) in [7, 11) is 0. The molecular weight excluding hydrogens is 422 g/mol. The van der Waals surface area contributed by atoms with Crippen molar-refractivity contribution in [3.05, 3.63) is 120 Å². The highest BCUT2D eigenvalue weighted by atomic mass is 16.5. The Hall–Kier alpha value is -4.38. The molecular formula is C29H21N3O2. The summed E-state index contributed by atoms with van der Waals surface area (Å²) in [6, 6.07) is 35.0. The topological polar surface area (TPSA) is 50.9 Å². The Bertz CT molecular complexity index is 1530. The lowest BCUT2D eigenvalue weighted by Gasteiger charge is -2.38. The highest BCUT2D eigenvalue weighted by molar-refractivity contribution is 6.02. The largest absolute Gasteiger partial charge is 0.464 e. The van der Waals surface area contributed by atoms with Crippen molar-refractivity contribution in [3.8, 4) is 17.1 Å². The van der Waals surface area contributed by atoms with Gasteiger partial charge in [-0.15, -0.1) is 0 Å². The van der Waals surface area contributed by atoms with Crippen molar-refractivity contribution < 1.29 is 9.26 Å². The standard InChI is InChI=1S/C29H21N3O2/c1-3-9-19(10-4-1)25-18-26-22-13-7-8-14-27(22)33-29(32(26)30-25)21-15-16-24-23(17-21)28(34-31-24)20-11-5-2-6-12-20/h1-17,26,29H,18H2/t26-,29-/m0/s1. The van der Waals surface area contributed by atoms with Crippen LogP contribution >= 0.6 is 0 Å². The third kappa shape index (κ3) is 3.01. The molecule has 1 aromatic heterocycles. The molecule has 34 heavy (non-hydrogen) atoms. The highest BCUT2D eigenvalue weighted by Gasteiger charge is 2.41. The second-order valence-electron chi connectivity index (χ2n) is 8.67. The van der Waals surface area contributed by atoms with Crippen LogP contribution in [0.15, 0.2) is 113 Å². The molecule has 0 spiro atoms. The van der Waals surface area contributed by atoms with E-state index in [1.54, 1.807) is 0 Å². The number of hydrogen-bond donors (Lipinski definition) is 0. The Morgan fingerprint density at radius 1 is 0.765 bits per heavy atom. The van der Waals surface area contributed by atoms with Crippen LogP contribution in [0.1, 0.15) is 35.4 Å². The lowest BCUT2D eigenvalue weighted by Crippen LogP contribution is -2.33. The molecule has 5 aromatic rings. The third-order valence-electron chi connectivity index (χ3n) is 6.63. The Labute approximate surface area is 196 Å². The van der Waals surface area contributed by atoms with Crippen LogP contribution in [0.5, 0.6) is 5.75 Å². The molecule has 0 radical (unpaired) electrons. The summed E-state index contributed by atoms with van der Waals surface area (Å²) in [6.45, 7) is 0. The molecule has 0 bridgehead atoms. The van der Waals surface area contributed by atoms with Crippen LogP contribution in [-0.4, -0.2) is 15.9 Å². The fraction of sp³-hybridized carbons (Fsp3) is 0.103. The zero-order valence-electron chi connectivity index (χ0n) is 18.3. The summed E-state index contributed by atoms with van der Waals surface area (Å²) in [6.07, 6.45) is 0.495. The molecule has 2 aliphatic heterocycles. The number of ether oxygens (including phenoxy) is 1. The van der Waals surface area contributed by atoms with E-state index in [1.165, 1.54) is 5.56 Å². The van der Waals surface area contributed by atoms with Gasteiger partial charge in [-0.2, -0.15) is 5.10 Å². The quantitative estimate of drug-likeness (QED) is 0.310. The van der Waals surface area contributed by atoms with Crippen LogP contribution < -0.4 is 4.74 Å². The first-order chi connectivity index (χ1) is 16.8. The van der Waals surface area contributed by atoms with Gasteiger partial charge < -0.3 is 9.26 Å². The van der Waals surface area contributed by atoms with Gasteiger partial charge in [-0.3, -0.25) is 0 Å². The number of para-hydroxylation sites is 1. The first-order valence-corrected chi connectivity index (χ1v) is 11.5. The summed E-state index contributed by atoms with van der Waals surface area (Å²) >= 11 is 0. The van der Waals surface area contributed by atoms with E-state index in [-0.39, 0.29) is 12.3 Å². The zero-order valence-corrected chi connectivity index (χ0v) is 18.3. The van der Waals surface area contributed by atoms with Gasteiger partial charge in [0.1, 0.15) is 11.3 Å². The number of hydrogen-bond acceptors (Lipinski definition) is 5. The van der Waals surface area contributed by atoms with Gasteiger partial charge in [0.25, 0.3) is 0 Å². The molecule has 7 rings (SSSR count). The molecule has 164 valence electrons. The lowest BCUT2D eigenvalue weighted by atomic mass is 9.95. The van der Waals surface area contributed by atoms with Crippen LogP contribution in [0.25, 0.3) is 22.2 Å². The first-order valence-electron chi connectivity index (χ1n) is 11.5. The van der Waals surface area contributed by atoms with Crippen LogP contribution in [0, 0.1) is 0 Å². The normalized spacial score (nSPS) is 18.8. The van der Waals surface area contributed by atoms with Gasteiger partial charge in [0.15, 0.2) is 5.76 Å². The van der Waals surface area contributed by atoms with Gasteiger partial charge in [0.2, 0.25) is 6.23 Å². The van der Waals surface area contributed by atoms with Crippen LogP contribution in [0.3, 0.4) is 0 Å². The maximum Gasteiger partial charge on any atom is 0.213 e. The zero-order chi connectivity index (χ0) is 22.5. The molecule has 0 saturated heterocycles. The number of aromatic nitrogens is 1. The predicted molar refractivity (Wildman–Crippen MR) is 131 cm³/mol. The third-order valence-corrected chi connectivity index (χ3v) is 6.63. The SMILES string of the molecule is c1ccc(C2=NN3[C@@H](C2)c2ccccc2O[C@H]3c2ccc3noc(-c4ccccc4)c3c2)cc1. The van der Waals surface area contributed by atoms with Gasteiger partial charge in [-0.25, -0.2) is 5.01 Å². The van der Waals surface area contributed by atoms with Crippen molar-refractivity contribution >= 4 is 16.6 Å². The first kappa shape index (κ1) is 19.1. The fourth-order valence-electron chi connectivity index (χ4n) is 4.97. The number of fused-ring (bicyclic) bond motifs is 4. The average Bonchev–Trinajstić information content (AvgIpc) is 3.54. The maximum absolute atomic E-state index is 6.56. The lowest BCUT2D eigenvalue weighted by molar-refractivity contribution is -0.0189. The summed E-state index contributed by atoms with van der Waals surface area (Å²) in [4.78, 5) is 0. The molecule has 0 fully saturated rings. The molecule has 4 aromatic carbocycles. The summed E-state index contributed by atoms with van der Waals surface area (Å²) in [5.74, 6) is 1.67. The van der Waals surface area contributed by atoms with Gasteiger partial charge in [-0.05, 0) is 23.8 Å². The minimum Gasteiger partial charge on any atom is -0.464 e. The maximum atomic E-state index is 6.56. The molecule has 3 heterocycles. The minimum absolute atomic E-state index is 0.122. The Kier molecular flexibility index (Phi) is 4.27. The van der Waals surface area contributed by atoms with E-state index >= 15 is 0 Å². The van der Waals surface area contributed by atoms with Gasteiger partial charge in [-0.1, -0.05) is 90.1 Å². The molecule has 0 saturated carbocycles. The van der Waals surface area contributed by atoms with E-state index in [2.05, 4.69) is 58.7 Å². The van der Waals surface area contributed by atoms with Crippen molar-refractivity contribution in [1.82, 2.24) is 10.2 Å². The van der Waals surface area contributed by atoms with E-state index in [0.29, 0.717) is 0 Å². The van der Waals surface area contributed by atoms with Gasteiger partial charge in [0.05, 0.1) is 17.1 Å². The van der Waals surface area contributed by atoms with Gasteiger partial charge >= 0.3 is 0 Å². The van der Waals surface area contributed by atoms with Crippen LogP contribution in [-0.2, 0) is 0 Å². The van der Waals surface area contributed by atoms with E-state index < -0.39 is 0 Å². The van der Waals surface area contributed by atoms with Crippen molar-refractivity contribution in [3.63, 3.8) is 0 Å². The number of nitrogens with zero attached hydrogens (tertiary/aromatic N) is 3.